The first-order valence-electron chi connectivity index (χ1n) is 9.10. The van der Waals surface area contributed by atoms with Gasteiger partial charge >= 0.3 is 0 Å². The molecule has 1 unspecified atom stereocenters. The summed E-state index contributed by atoms with van der Waals surface area (Å²) < 4.78 is 2.87. The molecular weight excluding hydrogens is 332 g/mol. The molecule has 8 heteroatoms. The van der Waals surface area contributed by atoms with Crippen LogP contribution in [0.2, 0.25) is 0 Å². The van der Waals surface area contributed by atoms with E-state index in [9.17, 15) is 9.59 Å². The molecule has 0 bridgehead atoms. The van der Waals surface area contributed by atoms with Crippen LogP contribution in [-0.2, 0) is 13.6 Å². The zero-order chi connectivity index (χ0) is 18.5. The van der Waals surface area contributed by atoms with Gasteiger partial charge in [0.05, 0.1) is 12.2 Å². The smallest absolute Gasteiger partial charge is 0.266 e. The molecule has 1 fully saturated rings. The Labute approximate surface area is 152 Å². The number of piperidine rings is 1. The first-order chi connectivity index (χ1) is 12.5. The maximum absolute atomic E-state index is 11.9. The van der Waals surface area contributed by atoms with Crippen LogP contribution in [0.5, 0.6) is 0 Å². The van der Waals surface area contributed by atoms with E-state index < -0.39 is 0 Å². The van der Waals surface area contributed by atoms with Gasteiger partial charge in [0.15, 0.2) is 0 Å². The van der Waals surface area contributed by atoms with Crippen molar-refractivity contribution >= 4 is 5.82 Å². The van der Waals surface area contributed by atoms with Crippen molar-refractivity contribution in [3.63, 3.8) is 0 Å². The lowest BCUT2D eigenvalue weighted by molar-refractivity contribution is 0.148. The molecule has 0 spiro atoms. The van der Waals surface area contributed by atoms with Crippen LogP contribution < -0.4 is 16.4 Å². The zero-order valence-electron chi connectivity index (χ0n) is 15.4. The van der Waals surface area contributed by atoms with Gasteiger partial charge < -0.3 is 5.32 Å². The van der Waals surface area contributed by atoms with Crippen LogP contribution in [-0.4, -0.2) is 50.1 Å². The van der Waals surface area contributed by atoms with Gasteiger partial charge in [-0.1, -0.05) is 6.42 Å². The van der Waals surface area contributed by atoms with Gasteiger partial charge in [-0.05, 0) is 38.4 Å². The Kier molecular flexibility index (Phi) is 5.82. The topological polar surface area (TPSA) is 85.0 Å². The average molecular weight is 358 g/mol. The number of hydrogen-bond acceptors (Lipinski definition) is 6. The van der Waals surface area contributed by atoms with Gasteiger partial charge in [0, 0.05) is 38.3 Å². The second kappa shape index (κ2) is 8.27. The van der Waals surface area contributed by atoms with Crippen LogP contribution in [0.3, 0.4) is 0 Å². The Morgan fingerprint density at radius 1 is 1.08 bits per heavy atom. The van der Waals surface area contributed by atoms with E-state index in [1.165, 1.54) is 23.6 Å². The summed E-state index contributed by atoms with van der Waals surface area (Å²) in [6.07, 6.45) is 3.48. The standard InChI is InChI=1S/C18H26N6O2/c1-14-6-8-18(26)24(20-14)12-11-23-10-4-3-5-15(23)13-19-16-7-9-17(25)22(2)21-16/h6-9,15H,3-5,10-13H2,1-2H3,(H,19,21). The van der Waals surface area contributed by atoms with E-state index >= 15 is 0 Å². The van der Waals surface area contributed by atoms with E-state index in [0.717, 1.165) is 31.7 Å². The molecule has 140 valence electrons. The third kappa shape index (κ3) is 4.57. The summed E-state index contributed by atoms with van der Waals surface area (Å²) in [5, 5.41) is 11.9. The van der Waals surface area contributed by atoms with Gasteiger partial charge in [-0.25, -0.2) is 9.36 Å². The number of nitrogens with zero attached hydrogens (tertiary/aromatic N) is 5. The number of anilines is 1. The maximum Gasteiger partial charge on any atom is 0.266 e. The molecule has 1 aliphatic heterocycles. The van der Waals surface area contributed by atoms with Gasteiger partial charge in [-0.2, -0.15) is 10.2 Å². The summed E-state index contributed by atoms with van der Waals surface area (Å²) in [6, 6.07) is 6.92. The predicted octanol–water partition coefficient (Wildman–Crippen LogP) is 0.612. The summed E-state index contributed by atoms with van der Waals surface area (Å²) in [7, 11) is 1.65. The molecule has 2 aromatic rings. The van der Waals surface area contributed by atoms with Crippen LogP contribution in [0.4, 0.5) is 5.82 Å². The minimum absolute atomic E-state index is 0.0586. The van der Waals surface area contributed by atoms with Gasteiger partial charge in [-0.3, -0.25) is 14.5 Å². The Balaban J connectivity index is 1.60. The Morgan fingerprint density at radius 3 is 2.69 bits per heavy atom. The Bertz CT molecular complexity index is 859. The molecule has 0 amide bonds. The molecule has 8 nitrogen and oxygen atoms in total. The highest BCUT2D eigenvalue weighted by Crippen LogP contribution is 2.17. The average Bonchev–Trinajstić information content (AvgIpc) is 2.64. The molecule has 0 radical (unpaired) electrons. The lowest BCUT2D eigenvalue weighted by atomic mass is 10.0. The molecule has 1 N–H and O–H groups in total. The van der Waals surface area contributed by atoms with Crippen molar-refractivity contribution in [1.29, 1.82) is 0 Å². The highest BCUT2D eigenvalue weighted by Gasteiger charge is 2.22. The first-order valence-corrected chi connectivity index (χ1v) is 9.10. The van der Waals surface area contributed by atoms with Crippen LogP contribution in [0.1, 0.15) is 25.0 Å². The van der Waals surface area contributed by atoms with Crippen molar-refractivity contribution in [1.82, 2.24) is 24.5 Å². The summed E-state index contributed by atoms with van der Waals surface area (Å²) in [5.74, 6) is 0.703. The van der Waals surface area contributed by atoms with Gasteiger partial charge in [0.25, 0.3) is 11.1 Å². The third-order valence-corrected chi connectivity index (χ3v) is 4.83. The van der Waals surface area contributed by atoms with Crippen LogP contribution >= 0.6 is 0 Å². The van der Waals surface area contributed by atoms with E-state index in [2.05, 4.69) is 20.4 Å². The molecule has 1 atom stereocenters. The first kappa shape index (κ1) is 18.3. The van der Waals surface area contributed by atoms with E-state index in [1.54, 1.807) is 29.9 Å². The number of nitrogens with one attached hydrogen (secondary N) is 1. The zero-order valence-corrected chi connectivity index (χ0v) is 15.4. The van der Waals surface area contributed by atoms with E-state index in [0.29, 0.717) is 18.4 Å². The van der Waals surface area contributed by atoms with E-state index in [1.807, 2.05) is 6.92 Å². The van der Waals surface area contributed by atoms with Crippen molar-refractivity contribution in [2.24, 2.45) is 7.05 Å². The fourth-order valence-electron chi connectivity index (χ4n) is 3.34. The number of hydrogen-bond donors (Lipinski definition) is 1. The SMILES string of the molecule is Cc1ccc(=O)n(CCN2CCCCC2CNc2ccc(=O)n(C)n2)n1. The van der Waals surface area contributed by atoms with Crippen molar-refractivity contribution < 1.29 is 0 Å². The number of likely N-dealkylation sites (tertiary alicyclic amines) is 1. The predicted molar refractivity (Wildman–Crippen MR) is 100 cm³/mol. The van der Waals surface area contributed by atoms with Crippen LogP contribution in [0.25, 0.3) is 0 Å². The highest BCUT2D eigenvalue weighted by atomic mass is 16.1. The lowest BCUT2D eigenvalue weighted by Gasteiger charge is -2.35. The quantitative estimate of drug-likeness (QED) is 0.814. The minimum atomic E-state index is -0.120. The minimum Gasteiger partial charge on any atom is -0.367 e. The fourth-order valence-corrected chi connectivity index (χ4v) is 3.34. The molecular formula is C18H26N6O2. The number of aromatic nitrogens is 4. The van der Waals surface area contributed by atoms with Crippen molar-refractivity contribution in [3.8, 4) is 0 Å². The monoisotopic (exact) mass is 358 g/mol. The lowest BCUT2D eigenvalue weighted by Crippen LogP contribution is -2.45. The van der Waals surface area contributed by atoms with Crippen LogP contribution in [0.15, 0.2) is 33.9 Å². The number of rotatable bonds is 6. The second-order valence-electron chi connectivity index (χ2n) is 6.78. The summed E-state index contributed by atoms with van der Waals surface area (Å²) >= 11 is 0. The van der Waals surface area contributed by atoms with Crippen LogP contribution in [0, 0.1) is 6.92 Å². The number of aryl methyl sites for hydroxylation is 2. The van der Waals surface area contributed by atoms with Crippen molar-refractivity contribution in [2.75, 3.05) is 25.0 Å². The van der Waals surface area contributed by atoms with E-state index in [4.69, 9.17) is 0 Å². The fraction of sp³-hybridized carbons (Fsp3) is 0.556. The van der Waals surface area contributed by atoms with Gasteiger partial charge in [0.1, 0.15) is 5.82 Å². The van der Waals surface area contributed by atoms with Crippen molar-refractivity contribution in [3.05, 3.63) is 50.7 Å². The second-order valence-corrected chi connectivity index (χ2v) is 6.78. The maximum atomic E-state index is 11.9. The Morgan fingerprint density at radius 2 is 1.88 bits per heavy atom. The molecule has 26 heavy (non-hydrogen) atoms. The summed E-state index contributed by atoms with van der Waals surface area (Å²) in [6.45, 7) is 5.07. The molecule has 3 rings (SSSR count). The highest BCUT2D eigenvalue weighted by molar-refractivity contribution is 5.32. The molecule has 2 aromatic heterocycles. The molecule has 0 aliphatic carbocycles. The molecule has 3 heterocycles. The molecule has 1 saturated heterocycles. The third-order valence-electron chi connectivity index (χ3n) is 4.83. The van der Waals surface area contributed by atoms with Gasteiger partial charge in [-0.15, -0.1) is 0 Å². The molecule has 0 aromatic carbocycles. The molecule has 1 aliphatic rings. The Hall–Kier alpha value is -2.48. The summed E-state index contributed by atoms with van der Waals surface area (Å²) in [5.41, 5.74) is 0.671. The largest absolute Gasteiger partial charge is 0.367 e. The summed E-state index contributed by atoms with van der Waals surface area (Å²) in [4.78, 5) is 25.8. The van der Waals surface area contributed by atoms with E-state index in [-0.39, 0.29) is 11.1 Å². The van der Waals surface area contributed by atoms with Gasteiger partial charge in [0.2, 0.25) is 0 Å². The van der Waals surface area contributed by atoms with Crippen molar-refractivity contribution in [2.45, 2.75) is 38.8 Å². The normalized spacial score (nSPS) is 18.0. The molecule has 0 saturated carbocycles.